The summed E-state index contributed by atoms with van der Waals surface area (Å²) in [4.78, 5) is 31.5. The topological polar surface area (TPSA) is 74.3 Å². The van der Waals surface area contributed by atoms with Crippen molar-refractivity contribution in [2.24, 2.45) is 0 Å². The third-order valence-corrected chi connectivity index (χ3v) is 4.77. The fourth-order valence-corrected chi connectivity index (χ4v) is 3.54. The van der Waals surface area contributed by atoms with Crippen LogP contribution in [-0.2, 0) is 9.59 Å². The summed E-state index contributed by atoms with van der Waals surface area (Å²) in [7, 11) is 0. The molecule has 1 saturated heterocycles. The number of hydrogen-bond donors (Lipinski definition) is 2. The number of fused-ring (bicyclic) bond motifs is 1. The van der Waals surface area contributed by atoms with E-state index in [2.05, 4.69) is 20.5 Å². The van der Waals surface area contributed by atoms with Crippen molar-refractivity contribution in [1.29, 1.82) is 0 Å². The van der Waals surface area contributed by atoms with E-state index in [1.165, 1.54) is 0 Å². The van der Waals surface area contributed by atoms with E-state index >= 15 is 0 Å². The van der Waals surface area contributed by atoms with E-state index in [1.807, 2.05) is 36.4 Å². The highest BCUT2D eigenvalue weighted by molar-refractivity contribution is 6.05. The Bertz CT molecular complexity index is 815. The Morgan fingerprint density at radius 3 is 2.80 bits per heavy atom. The molecule has 3 heterocycles. The molecule has 0 aliphatic carbocycles. The van der Waals surface area contributed by atoms with Gasteiger partial charge in [0.2, 0.25) is 11.8 Å². The fraction of sp³-hybridized carbons (Fsp3) is 0.316. The van der Waals surface area contributed by atoms with Crippen LogP contribution in [0.4, 0.5) is 17.2 Å². The molecule has 0 bridgehead atoms. The van der Waals surface area contributed by atoms with Gasteiger partial charge < -0.3 is 15.5 Å². The number of carbonyl (C=O) groups is 2. The van der Waals surface area contributed by atoms with Gasteiger partial charge in [-0.1, -0.05) is 18.2 Å². The molecule has 2 amide bonds. The first kappa shape index (κ1) is 15.6. The molecule has 2 aliphatic rings. The Hall–Kier alpha value is -2.89. The largest absolute Gasteiger partial charge is 0.355 e. The lowest BCUT2D eigenvalue weighted by Gasteiger charge is -2.26. The van der Waals surface area contributed by atoms with E-state index in [0.29, 0.717) is 11.4 Å². The van der Waals surface area contributed by atoms with Crippen LogP contribution in [0.1, 0.15) is 30.7 Å². The van der Waals surface area contributed by atoms with Gasteiger partial charge in [0, 0.05) is 31.4 Å². The second kappa shape index (κ2) is 6.55. The first-order valence-corrected chi connectivity index (χ1v) is 8.62. The maximum atomic E-state index is 12.9. The van der Waals surface area contributed by atoms with E-state index in [4.69, 9.17) is 0 Å². The average Bonchev–Trinajstić information content (AvgIpc) is 3.16. The van der Waals surface area contributed by atoms with E-state index in [1.54, 1.807) is 6.20 Å². The van der Waals surface area contributed by atoms with Crippen LogP contribution >= 0.6 is 0 Å². The number of nitrogens with one attached hydrogen (secondary N) is 2. The number of amides is 2. The SMILES string of the molecule is O=C1CC(C(=O)Nc2cccnc2N2CCCC2)c2ccccc2N1. The van der Waals surface area contributed by atoms with Gasteiger partial charge in [0.05, 0.1) is 11.6 Å². The van der Waals surface area contributed by atoms with E-state index in [9.17, 15) is 9.59 Å². The lowest BCUT2D eigenvalue weighted by Crippen LogP contribution is -2.31. The lowest BCUT2D eigenvalue weighted by molar-refractivity contribution is -0.123. The molecule has 2 aliphatic heterocycles. The molecule has 2 aromatic rings. The highest BCUT2D eigenvalue weighted by Gasteiger charge is 2.31. The molecule has 0 spiro atoms. The van der Waals surface area contributed by atoms with Gasteiger partial charge in [0.15, 0.2) is 5.82 Å². The summed E-state index contributed by atoms with van der Waals surface area (Å²) in [6.45, 7) is 1.91. The molecule has 1 fully saturated rings. The highest BCUT2D eigenvalue weighted by atomic mass is 16.2. The van der Waals surface area contributed by atoms with Crippen LogP contribution in [0, 0.1) is 0 Å². The minimum absolute atomic E-state index is 0.134. The monoisotopic (exact) mass is 336 g/mol. The Morgan fingerprint density at radius 2 is 1.96 bits per heavy atom. The summed E-state index contributed by atoms with van der Waals surface area (Å²) in [6.07, 6.45) is 4.18. The molecule has 1 aromatic carbocycles. The van der Waals surface area contributed by atoms with Crippen molar-refractivity contribution >= 4 is 29.0 Å². The molecule has 1 aromatic heterocycles. The summed E-state index contributed by atoms with van der Waals surface area (Å²) in [5.74, 6) is 0.0130. The van der Waals surface area contributed by atoms with Crippen molar-refractivity contribution in [3.8, 4) is 0 Å². The van der Waals surface area contributed by atoms with Gasteiger partial charge in [-0.05, 0) is 36.6 Å². The van der Waals surface area contributed by atoms with E-state index < -0.39 is 5.92 Å². The molecule has 25 heavy (non-hydrogen) atoms. The molecule has 4 rings (SSSR count). The number of pyridine rings is 1. The standard InChI is InChI=1S/C19H20N4O2/c24-17-12-14(13-6-1-2-7-15(13)21-17)19(25)22-16-8-5-9-20-18(16)23-10-3-4-11-23/h1-2,5-9,14H,3-4,10-12H2,(H,21,24)(H,22,25). The molecule has 1 unspecified atom stereocenters. The molecule has 6 heteroatoms. The molecule has 2 N–H and O–H groups in total. The van der Waals surface area contributed by atoms with Gasteiger partial charge in [-0.15, -0.1) is 0 Å². The minimum Gasteiger partial charge on any atom is -0.355 e. The van der Waals surface area contributed by atoms with Crippen LogP contribution in [0.25, 0.3) is 0 Å². The summed E-state index contributed by atoms with van der Waals surface area (Å²) in [5.41, 5.74) is 2.27. The zero-order valence-electron chi connectivity index (χ0n) is 13.9. The number of para-hydroxylation sites is 1. The Balaban J connectivity index is 1.60. The number of hydrogen-bond acceptors (Lipinski definition) is 4. The molecule has 6 nitrogen and oxygen atoms in total. The predicted molar refractivity (Wildman–Crippen MR) is 96.7 cm³/mol. The van der Waals surface area contributed by atoms with Crippen LogP contribution in [0.3, 0.4) is 0 Å². The maximum absolute atomic E-state index is 12.9. The van der Waals surface area contributed by atoms with Crippen molar-refractivity contribution in [1.82, 2.24) is 4.98 Å². The summed E-state index contributed by atoms with van der Waals surface area (Å²) in [6, 6.07) is 11.1. The third-order valence-electron chi connectivity index (χ3n) is 4.77. The molecular weight excluding hydrogens is 316 g/mol. The second-order valence-corrected chi connectivity index (χ2v) is 6.45. The maximum Gasteiger partial charge on any atom is 0.232 e. The second-order valence-electron chi connectivity index (χ2n) is 6.45. The van der Waals surface area contributed by atoms with Gasteiger partial charge in [0.1, 0.15) is 0 Å². The molecule has 1 atom stereocenters. The molecule has 0 radical (unpaired) electrons. The third kappa shape index (κ3) is 3.07. The highest BCUT2D eigenvalue weighted by Crippen LogP contribution is 2.34. The van der Waals surface area contributed by atoms with Crippen molar-refractivity contribution in [2.45, 2.75) is 25.2 Å². The van der Waals surface area contributed by atoms with Crippen molar-refractivity contribution < 1.29 is 9.59 Å². The number of carbonyl (C=O) groups excluding carboxylic acids is 2. The van der Waals surface area contributed by atoms with Crippen LogP contribution in [0.15, 0.2) is 42.6 Å². The van der Waals surface area contributed by atoms with Gasteiger partial charge in [-0.2, -0.15) is 0 Å². The van der Waals surface area contributed by atoms with Gasteiger partial charge in [-0.3, -0.25) is 9.59 Å². The van der Waals surface area contributed by atoms with Crippen LogP contribution in [0.5, 0.6) is 0 Å². The van der Waals surface area contributed by atoms with Crippen LogP contribution in [0.2, 0.25) is 0 Å². The molecular formula is C19H20N4O2. The Kier molecular flexibility index (Phi) is 4.09. The normalized spacial score (nSPS) is 19.3. The van der Waals surface area contributed by atoms with Crippen molar-refractivity contribution in [3.05, 3.63) is 48.2 Å². The smallest absolute Gasteiger partial charge is 0.232 e. The molecule has 128 valence electrons. The number of benzene rings is 1. The number of rotatable bonds is 3. The van der Waals surface area contributed by atoms with Gasteiger partial charge >= 0.3 is 0 Å². The number of aromatic nitrogens is 1. The van der Waals surface area contributed by atoms with Crippen LogP contribution < -0.4 is 15.5 Å². The predicted octanol–water partition coefficient (Wildman–Crippen LogP) is 2.75. The Morgan fingerprint density at radius 1 is 1.16 bits per heavy atom. The zero-order chi connectivity index (χ0) is 17.2. The summed E-state index contributed by atoms with van der Waals surface area (Å²) >= 11 is 0. The minimum atomic E-state index is -0.489. The zero-order valence-corrected chi connectivity index (χ0v) is 13.9. The fourth-order valence-electron chi connectivity index (χ4n) is 3.54. The first-order valence-electron chi connectivity index (χ1n) is 8.62. The average molecular weight is 336 g/mol. The van der Waals surface area contributed by atoms with Crippen LogP contribution in [-0.4, -0.2) is 29.9 Å². The van der Waals surface area contributed by atoms with Gasteiger partial charge in [0.25, 0.3) is 0 Å². The van der Waals surface area contributed by atoms with Crippen molar-refractivity contribution in [2.75, 3.05) is 28.6 Å². The number of nitrogens with zero attached hydrogens (tertiary/aromatic N) is 2. The quantitative estimate of drug-likeness (QED) is 0.904. The summed E-state index contributed by atoms with van der Waals surface area (Å²) < 4.78 is 0. The summed E-state index contributed by atoms with van der Waals surface area (Å²) in [5, 5.41) is 5.82. The van der Waals surface area contributed by atoms with E-state index in [0.717, 1.165) is 37.3 Å². The Labute approximate surface area is 146 Å². The molecule has 0 saturated carbocycles. The van der Waals surface area contributed by atoms with Crippen molar-refractivity contribution in [3.63, 3.8) is 0 Å². The first-order chi connectivity index (χ1) is 12.2. The van der Waals surface area contributed by atoms with Gasteiger partial charge in [-0.25, -0.2) is 4.98 Å². The number of anilines is 3. The van der Waals surface area contributed by atoms with E-state index in [-0.39, 0.29) is 18.2 Å². The lowest BCUT2D eigenvalue weighted by atomic mass is 9.90.